The minimum absolute atomic E-state index is 0.114. The van der Waals surface area contributed by atoms with Gasteiger partial charge >= 0.3 is 0 Å². The number of hydrogen-bond donors (Lipinski definition) is 1. The van der Waals surface area contributed by atoms with Gasteiger partial charge in [-0.25, -0.2) is 0 Å². The van der Waals surface area contributed by atoms with Crippen molar-refractivity contribution in [2.75, 3.05) is 4.90 Å². The van der Waals surface area contributed by atoms with Gasteiger partial charge in [0.25, 0.3) is 0 Å². The number of aliphatic imine (C=N–C) groups is 1. The molecule has 0 aliphatic heterocycles. The normalized spacial score (nSPS) is 14.6. The summed E-state index contributed by atoms with van der Waals surface area (Å²) in [5, 5.41) is 13.7. The van der Waals surface area contributed by atoms with E-state index < -0.39 is 0 Å². The summed E-state index contributed by atoms with van der Waals surface area (Å²) in [6.07, 6.45) is 16.2. The summed E-state index contributed by atoms with van der Waals surface area (Å²) in [7, 11) is 0. The van der Waals surface area contributed by atoms with Gasteiger partial charge in [0.15, 0.2) is 5.75 Å². The molecule has 0 spiro atoms. The maximum atomic E-state index is 11.8. The van der Waals surface area contributed by atoms with Crippen molar-refractivity contribution in [3.8, 4) is 16.9 Å². The zero-order valence-corrected chi connectivity index (χ0v) is 24.9. The fourth-order valence-corrected chi connectivity index (χ4v) is 6.58. The van der Waals surface area contributed by atoms with E-state index in [1.54, 1.807) is 0 Å². The first-order valence-corrected chi connectivity index (χ1v) is 15.6. The SMILES string of the molecule is C=Nc1c(O)c(N(c2ccc(-c3ccccc3)cc2)c2ccc(C3=CCCCC3)c(C3=CCCC=C3)c2)cc2ccccc12. The van der Waals surface area contributed by atoms with Gasteiger partial charge in [-0.2, -0.15) is 0 Å². The van der Waals surface area contributed by atoms with E-state index in [2.05, 4.69) is 120 Å². The lowest BCUT2D eigenvalue weighted by Gasteiger charge is -2.29. The van der Waals surface area contributed by atoms with E-state index in [-0.39, 0.29) is 5.75 Å². The monoisotopic (exact) mass is 572 g/mol. The van der Waals surface area contributed by atoms with Crippen LogP contribution in [0.25, 0.3) is 33.0 Å². The second-order valence-corrected chi connectivity index (χ2v) is 11.6. The van der Waals surface area contributed by atoms with Crippen molar-refractivity contribution in [1.82, 2.24) is 0 Å². The zero-order chi connectivity index (χ0) is 29.9. The molecule has 0 atom stereocenters. The Labute approximate surface area is 259 Å². The highest BCUT2D eigenvalue weighted by molar-refractivity contribution is 6.02. The first kappa shape index (κ1) is 27.7. The molecule has 0 radical (unpaired) electrons. The highest BCUT2D eigenvalue weighted by atomic mass is 16.3. The minimum atomic E-state index is 0.114. The summed E-state index contributed by atoms with van der Waals surface area (Å²) in [5.74, 6) is 0.114. The molecule has 1 N–H and O–H groups in total. The number of rotatable bonds is 7. The Morgan fingerprint density at radius 1 is 0.682 bits per heavy atom. The van der Waals surface area contributed by atoms with E-state index in [1.807, 2.05) is 24.3 Å². The van der Waals surface area contributed by atoms with Crippen molar-refractivity contribution in [3.63, 3.8) is 0 Å². The standard InChI is InChI=1S/C41H36N2O/c1-42-40-37-20-12-11-19-33(37)27-39(41(40)44)43(34-23-21-30(22-24-34)29-13-5-2-6-14-29)35-25-26-36(31-15-7-3-8-16-31)38(28-35)32-17-9-4-10-18-32/h2,5-6,9,11-15,17-28,44H,1,3-4,7-8,10,16H2. The third-order valence-corrected chi connectivity index (χ3v) is 8.81. The van der Waals surface area contributed by atoms with Gasteiger partial charge in [-0.3, -0.25) is 4.99 Å². The fraction of sp³-hybridized carbons (Fsp3) is 0.146. The molecule has 0 aromatic heterocycles. The molecule has 0 amide bonds. The fourth-order valence-electron chi connectivity index (χ4n) is 6.58. The first-order chi connectivity index (χ1) is 21.7. The molecule has 7 rings (SSSR count). The van der Waals surface area contributed by atoms with Gasteiger partial charge < -0.3 is 10.0 Å². The lowest BCUT2D eigenvalue weighted by Crippen LogP contribution is -2.11. The molecule has 5 aromatic carbocycles. The topological polar surface area (TPSA) is 35.8 Å². The number of fused-ring (bicyclic) bond motifs is 1. The molecule has 0 fully saturated rings. The smallest absolute Gasteiger partial charge is 0.166 e. The predicted octanol–water partition coefficient (Wildman–Crippen LogP) is 11.7. The number of benzene rings is 5. The molecular weight excluding hydrogens is 536 g/mol. The van der Waals surface area contributed by atoms with E-state index in [1.165, 1.54) is 40.7 Å². The summed E-state index contributed by atoms with van der Waals surface area (Å²) < 4.78 is 0. The molecule has 2 aliphatic rings. The lowest BCUT2D eigenvalue weighted by atomic mass is 9.86. The number of hydrogen-bond acceptors (Lipinski definition) is 3. The average molecular weight is 573 g/mol. The molecule has 2 aliphatic carbocycles. The van der Waals surface area contributed by atoms with Crippen LogP contribution in [0.5, 0.6) is 5.75 Å². The van der Waals surface area contributed by atoms with Crippen LogP contribution in [0.2, 0.25) is 0 Å². The van der Waals surface area contributed by atoms with Gasteiger partial charge in [-0.15, -0.1) is 0 Å². The van der Waals surface area contributed by atoms with Crippen LogP contribution in [0.3, 0.4) is 0 Å². The van der Waals surface area contributed by atoms with Gasteiger partial charge in [0.2, 0.25) is 0 Å². The molecule has 5 aromatic rings. The second-order valence-electron chi connectivity index (χ2n) is 11.6. The molecule has 0 unspecified atom stereocenters. The van der Waals surface area contributed by atoms with Crippen LogP contribution in [0.4, 0.5) is 22.7 Å². The average Bonchev–Trinajstić information content (AvgIpc) is 3.10. The predicted molar refractivity (Wildman–Crippen MR) is 188 cm³/mol. The summed E-state index contributed by atoms with van der Waals surface area (Å²) in [6.45, 7) is 3.82. The molecule has 0 bridgehead atoms. The first-order valence-electron chi connectivity index (χ1n) is 15.6. The number of aromatic hydroxyl groups is 1. The Hall–Kier alpha value is -5.15. The molecule has 44 heavy (non-hydrogen) atoms. The molecular formula is C41H36N2O. The Balaban J connectivity index is 1.44. The summed E-state index contributed by atoms with van der Waals surface area (Å²) in [5.41, 5.74) is 10.6. The second kappa shape index (κ2) is 12.2. The number of nitrogens with zero attached hydrogens (tertiary/aromatic N) is 2. The Morgan fingerprint density at radius 3 is 2.20 bits per heavy atom. The zero-order valence-electron chi connectivity index (χ0n) is 24.9. The van der Waals surface area contributed by atoms with Crippen molar-refractivity contribution >= 4 is 51.4 Å². The van der Waals surface area contributed by atoms with Crippen LogP contribution < -0.4 is 4.90 Å². The third kappa shape index (κ3) is 5.26. The third-order valence-electron chi connectivity index (χ3n) is 8.81. The molecule has 0 heterocycles. The molecule has 3 nitrogen and oxygen atoms in total. The molecule has 0 saturated heterocycles. The van der Waals surface area contributed by atoms with Gasteiger partial charge in [0.05, 0.1) is 5.69 Å². The van der Waals surface area contributed by atoms with Gasteiger partial charge in [-0.05, 0) is 114 Å². The quantitative estimate of drug-likeness (QED) is 0.197. The number of phenolic OH excluding ortho intramolecular Hbond substituents is 1. The largest absolute Gasteiger partial charge is 0.504 e. The highest BCUT2D eigenvalue weighted by Gasteiger charge is 2.23. The summed E-state index contributed by atoms with van der Waals surface area (Å²) in [4.78, 5) is 6.45. The van der Waals surface area contributed by atoms with E-state index in [0.717, 1.165) is 53.4 Å². The van der Waals surface area contributed by atoms with Crippen LogP contribution in [-0.2, 0) is 0 Å². The van der Waals surface area contributed by atoms with E-state index >= 15 is 0 Å². The van der Waals surface area contributed by atoms with Crippen molar-refractivity contribution < 1.29 is 5.11 Å². The number of phenols is 1. The minimum Gasteiger partial charge on any atom is -0.504 e. The summed E-state index contributed by atoms with van der Waals surface area (Å²) >= 11 is 0. The molecule has 216 valence electrons. The van der Waals surface area contributed by atoms with Crippen molar-refractivity contribution in [3.05, 3.63) is 139 Å². The van der Waals surface area contributed by atoms with Crippen LogP contribution in [-0.4, -0.2) is 11.8 Å². The summed E-state index contributed by atoms with van der Waals surface area (Å²) in [6, 6.07) is 35.8. The number of allylic oxidation sites excluding steroid dienone is 6. The van der Waals surface area contributed by atoms with Crippen LogP contribution in [0.1, 0.15) is 49.7 Å². The Kier molecular flexibility index (Phi) is 7.69. The lowest BCUT2D eigenvalue weighted by molar-refractivity contribution is 0.479. The Morgan fingerprint density at radius 2 is 1.45 bits per heavy atom. The maximum Gasteiger partial charge on any atom is 0.166 e. The Bertz CT molecular complexity index is 1930. The van der Waals surface area contributed by atoms with Crippen LogP contribution in [0.15, 0.2) is 132 Å². The van der Waals surface area contributed by atoms with Crippen LogP contribution >= 0.6 is 0 Å². The maximum absolute atomic E-state index is 11.8. The van der Waals surface area contributed by atoms with Crippen molar-refractivity contribution in [1.29, 1.82) is 0 Å². The van der Waals surface area contributed by atoms with E-state index in [9.17, 15) is 5.11 Å². The molecule has 0 saturated carbocycles. The van der Waals surface area contributed by atoms with Crippen molar-refractivity contribution in [2.45, 2.75) is 38.5 Å². The van der Waals surface area contributed by atoms with E-state index in [4.69, 9.17) is 0 Å². The van der Waals surface area contributed by atoms with E-state index in [0.29, 0.717) is 11.4 Å². The molecule has 3 heteroatoms. The number of anilines is 3. The van der Waals surface area contributed by atoms with Gasteiger partial charge in [-0.1, -0.05) is 97.1 Å². The van der Waals surface area contributed by atoms with Crippen LogP contribution in [0, 0.1) is 0 Å². The highest BCUT2D eigenvalue weighted by Crippen LogP contribution is 2.49. The van der Waals surface area contributed by atoms with Gasteiger partial charge in [0, 0.05) is 16.8 Å². The van der Waals surface area contributed by atoms with Gasteiger partial charge in [0.1, 0.15) is 5.69 Å². The van der Waals surface area contributed by atoms with Crippen molar-refractivity contribution in [2.24, 2.45) is 4.99 Å².